The smallest absolute Gasteiger partial charge is 0.320 e. The highest BCUT2D eigenvalue weighted by atomic mass is 32.2. The summed E-state index contributed by atoms with van der Waals surface area (Å²) in [5.41, 5.74) is -0.531. The first-order valence-electron chi connectivity index (χ1n) is 7.75. The fraction of sp³-hybridized carbons (Fsp3) is 0.533. The van der Waals surface area contributed by atoms with Crippen LogP contribution in [0.2, 0.25) is 0 Å². The lowest BCUT2D eigenvalue weighted by Gasteiger charge is -2.33. The van der Waals surface area contributed by atoms with Crippen molar-refractivity contribution in [2.24, 2.45) is 5.92 Å². The van der Waals surface area contributed by atoms with Crippen LogP contribution >= 0.6 is 0 Å². The second kappa shape index (κ2) is 6.17. The predicted molar refractivity (Wildman–Crippen MR) is 85.4 cm³/mol. The Hall–Kier alpha value is -1.81. The van der Waals surface area contributed by atoms with E-state index in [-0.39, 0.29) is 23.7 Å². The van der Waals surface area contributed by atoms with E-state index in [4.69, 9.17) is 0 Å². The van der Waals surface area contributed by atoms with Gasteiger partial charge in [-0.25, -0.2) is 17.9 Å². The van der Waals surface area contributed by atoms with Gasteiger partial charge in [0.1, 0.15) is 0 Å². The SMILES string of the molecule is CS(=O)(=O)NC1CC2CC1N(C(=O)Nc1ccc(C(F)(F)F)cc1)C2. The third kappa shape index (κ3) is 4.06. The number of fused-ring (bicyclic) bond motifs is 2. The topological polar surface area (TPSA) is 78.5 Å². The third-order valence-corrected chi connectivity index (χ3v) is 5.30. The maximum absolute atomic E-state index is 12.6. The van der Waals surface area contributed by atoms with Gasteiger partial charge in [0.2, 0.25) is 10.0 Å². The number of piperidine rings is 1. The van der Waals surface area contributed by atoms with E-state index in [2.05, 4.69) is 10.0 Å². The van der Waals surface area contributed by atoms with Crippen LogP contribution in [0.15, 0.2) is 24.3 Å². The maximum atomic E-state index is 12.6. The molecule has 1 aliphatic carbocycles. The first-order chi connectivity index (χ1) is 11.5. The minimum Gasteiger partial charge on any atom is -0.320 e. The van der Waals surface area contributed by atoms with Crippen LogP contribution in [0.4, 0.5) is 23.7 Å². The Kier molecular flexibility index (Phi) is 4.44. The van der Waals surface area contributed by atoms with Crippen LogP contribution < -0.4 is 10.0 Å². The van der Waals surface area contributed by atoms with Crippen molar-refractivity contribution in [3.05, 3.63) is 29.8 Å². The van der Waals surface area contributed by atoms with Gasteiger partial charge in [-0.3, -0.25) is 0 Å². The second-order valence-corrected chi connectivity index (χ2v) is 8.34. The number of hydrogen-bond acceptors (Lipinski definition) is 3. The number of rotatable bonds is 3. The lowest BCUT2D eigenvalue weighted by Crippen LogP contribution is -2.52. The van der Waals surface area contributed by atoms with E-state index in [1.165, 1.54) is 12.1 Å². The number of amides is 2. The molecule has 2 amide bonds. The number of hydrogen-bond donors (Lipinski definition) is 2. The van der Waals surface area contributed by atoms with E-state index < -0.39 is 27.8 Å². The van der Waals surface area contributed by atoms with Crippen molar-refractivity contribution in [1.29, 1.82) is 0 Å². The van der Waals surface area contributed by atoms with Crippen LogP contribution in [0.5, 0.6) is 0 Å². The summed E-state index contributed by atoms with van der Waals surface area (Å²) >= 11 is 0. The number of benzene rings is 1. The number of carbonyl (C=O) groups excluding carboxylic acids is 1. The van der Waals surface area contributed by atoms with Gasteiger partial charge in [0.05, 0.1) is 17.9 Å². The maximum Gasteiger partial charge on any atom is 0.416 e. The number of urea groups is 1. The third-order valence-electron chi connectivity index (χ3n) is 4.57. The largest absolute Gasteiger partial charge is 0.416 e. The molecule has 3 rings (SSSR count). The lowest BCUT2D eigenvalue weighted by atomic mass is 10.1. The van der Waals surface area contributed by atoms with Gasteiger partial charge in [-0.2, -0.15) is 13.2 Å². The first kappa shape index (κ1) is 18.0. The Labute approximate surface area is 143 Å². The molecule has 138 valence electrons. The van der Waals surface area contributed by atoms with E-state index in [1.807, 2.05) is 0 Å². The summed E-state index contributed by atoms with van der Waals surface area (Å²) in [4.78, 5) is 14.0. The summed E-state index contributed by atoms with van der Waals surface area (Å²) in [6.07, 6.45) is -1.96. The molecule has 10 heteroatoms. The highest BCUT2D eigenvalue weighted by molar-refractivity contribution is 7.88. The predicted octanol–water partition coefficient (Wildman–Crippen LogP) is 2.25. The molecule has 1 aliphatic heterocycles. The Balaban J connectivity index is 1.66. The molecular formula is C15H18F3N3O3S. The highest BCUT2D eigenvalue weighted by Gasteiger charge is 2.47. The summed E-state index contributed by atoms with van der Waals surface area (Å²) in [6, 6.07) is 3.19. The van der Waals surface area contributed by atoms with Crippen molar-refractivity contribution in [3.63, 3.8) is 0 Å². The van der Waals surface area contributed by atoms with E-state index in [9.17, 15) is 26.4 Å². The minimum atomic E-state index is -4.43. The second-order valence-electron chi connectivity index (χ2n) is 6.56. The minimum absolute atomic E-state index is 0.225. The van der Waals surface area contributed by atoms with Crippen molar-refractivity contribution in [1.82, 2.24) is 9.62 Å². The average Bonchev–Trinajstić information content (AvgIpc) is 3.05. The van der Waals surface area contributed by atoms with Crippen LogP contribution in [0.3, 0.4) is 0 Å². The lowest BCUT2D eigenvalue weighted by molar-refractivity contribution is -0.137. The number of nitrogens with zero attached hydrogens (tertiary/aromatic N) is 1. The molecule has 6 nitrogen and oxygen atoms in total. The van der Waals surface area contributed by atoms with Gasteiger partial charge in [0.15, 0.2) is 0 Å². The fourth-order valence-corrected chi connectivity index (χ4v) is 4.40. The van der Waals surface area contributed by atoms with Crippen molar-refractivity contribution < 1.29 is 26.4 Å². The van der Waals surface area contributed by atoms with Crippen molar-refractivity contribution >= 4 is 21.7 Å². The molecular weight excluding hydrogens is 359 g/mol. The number of sulfonamides is 1. The van der Waals surface area contributed by atoms with Crippen LogP contribution in [0.1, 0.15) is 18.4 Å². The molecule has 0 spiro atoms. The molecule has 1 aromatic carbocycles. The summed E-state index contributed by atoms with van der Waals surface area (Å²) in [5, 5.41) is 2.57. The van der Waals surface area contributed by atoms with Gasteiger partial charge in [0.25, 0.3) is 0 Å². The van der Waals surface area contributed by atoms with Gasteiger partial charge in [-0.1, -0.05) is 0 Å². The quantitative estimate of drug-likeness (QED) is 0.848. The molecule has 0 radical (unpaired) electrons. The number of carbonyl (C=O) groups is 1. The molecule has 3 unspecified atom stereocenters. The summed E-state index contributed by atoms with van der Waals surface area (Å²) in [6.45, 7) is 0.513. The van der Waals surface area contributed by atoms with Gasteiger partial charge >= 0.3 is 12.2 Å². The Morgan fingerprint density at radius 2 is 1.84 bits per heavy atom. The Bertz CT molecular complexity index is 764. The summed E-state index contributed by atoms with van der Waals surface area (Å²) in [5.74, 6) is 0.225. The standard InChI is InChI=1S/C15H18F3N3O3S/c1-25(23,24)20-12-6-9-7-13(12)21(8-9)14(22)19-11-4-2-10(3-5-11)15(16,17)18/h2-5,9,12-13,20H,6-8H2,1H3,(H,19,22). The van der Waals surface area contributed by atoms with Crippen LogP contribution in [0.25, 0.3) is 0 Å². The van der Waals surface area contributed by atoms with Gasteiger partial charge in [0, 0.05) is 18.3 Å². The number of alkyl halides is 3. The van der Waals surface area contributed by atoms with E-state index in [0.29, 0.717) is 19.4 Å². The van der Waals surface area contributed by atoms with E-state index in [1.54, 1.807) is 4.90 Å². The molecule has 1 aromatic rings. The molecule has 1 heterocycles. The molecule has 2 N–H and O–H groups in total. The van der Waals surface area contributed by atoms with E-state index in [0.717, 1.165) is 18.4 Å². The van der Waals surface area contributed by atoms with Crippen molar-refractivity contribution in [2.75, 3.05) is 18.1 Å². The zero-order valence-electron chi connectivity index (χ0n) is 13.4. The Morgan fingerprint density at radius 3 is 2.36 bits per heavy atom. The number of likely N-dealkylation sites (tertiary alicyclic amines) is 1. The number of nitrogens with one attached hydrogen (secondary N) is 2. The van der Waals surface area contributed by atoms with Crippen LogP contribution in [-0.4, -0.2) is 44.2 Å². The average molecular weight is 377 g/mol. The zero-order chi connectivity index (χ0) is 18.4. The van der Waals surface area contributed by atoms with Gasteiger partial charge in [-0.05, 0) is 43.0 Å². The van der Waals surface area contributed by atoms with Gasteiger partial charge in [-0.15, -0.1) is 0 Å². The molecule has 3 atom stereocenters. The monoisotopic (exact) mass is 377 g/mol. The van der Waals surface area contributed by atoms with E-state index >= 15 is 0 Å². The first-order valence-corrected chi connectivity index (χ1v) is 9.64. The zero-order valence-corrected chi connectivity index (χ0v) is 14.2. The normalized spacial score (nSPS) is 26.1. The molecule has 1 saturated heterocycles. The number of halogens is 3. The number of anilines is 1. The van der Waals surface area contributed by atoms with Crippen LogP contribution in [-0.2, 0) is 16.2 Å². The molecule has 1 saturated carbocycles. The molecule has 2 aliphatic rings. The fourth-order valence-electron chi connectivity index (χ4n) is 3.60. The Morgan fingerprint density at radius 1 is 1.20 bits per heavy atom. The van der Waals surface area contributed by atoms with Crippen molar-refractivity contribution in [2.45, 2.75) is 31.1 Å². The van der Waals surface area contributed by atoms with Gasteiger partial charge < -0.3 is 10.2 Å². The highest BCUT2D eigenvalue weighted by Crippen LogP contribution is 2.38. The summed E-state index contributed by atoms with van der Waals surface area (Å²) in [7, 11) is -3.37. The molecule has 2 bridgehead atoms. The molecule has 0 aromatic heterocycles. The summed E-state index contributed by atoms with van der Waals surface area (Å²) < 4.78 is 63.1. The molecule has 2 fully saturated rings. The molecule has 25 heavy (non-hydrogen) atoms. The van der Waals surface area contributed by atoms with Crippen molar-refractivity contribution in [3.8, 4) is 0 Å². The van der Waals surface area contributed by atoms with Crippen LogP contribution in [0, 0.1) is 5.92 Å².